The van der Waals surface area contributed by atoms with E-state index in [-0.39, 0.29) is 22.9 Å². The number of carbonyl (C=O) groups is 1. The molecule has 166 valence electrons. The zero-order valence-electron chi connectivity index (χ0n) is 17.7. The van der Waals surface area contributed by atoms with Gasteiger partial charge in [-0.05, 0) is 63.1 Å². The summed E-state index contributed by atoms with van der Waals surface area (Å²) in [5, 5.41) is 5.52. The van der Waals surface area contributed by atoms with E-state index in [1.807, 2.05) is 13.8 Å². The summed E-state index contributed by atoms with van der Waals surface area (Å²) >= 11 is 0. The Morgan fingerprint density at radius 1 is 1.09 bits per heavy atom. The summed E-state index contributed by atoms with van der Waals surface area (Å²) in [6.45, 7) is 3.75. The number of nitrogen functional groups attached to an aromatic ring is 1. The maximum atomic E-state index is 13.3. The fourth-order valence-corrected chi connectivity index (χ4v) is 5.32. The van der Waals surface area contributed by atoms with Crippen molar-refractivity contribution >= 4 is 27.4 Å². The van der Waals surface area contributed by atoms with E-state index in [2.05, 4.69) is 25.6 Å². The summed E-state index contributed by atoms with van der Waals surface area (Å²) in [6.07, 6.45) is 2.34. The van der Waals surface area contributed by atoms with Crippen molar-refractivity contribution in [2.75, 3.05) is 11.1 Å². The van der Waals surface area contributed by atoms with Crippen LogP contribution in [0.2, 0.25) is 0 Å². The number of hydrogen-bond acceptors (Lipinski definition) is 7. The molecule has 32 heavy (non-hydrogen) atoms. The fraction of sp³-hybridized carbons (Fsp3) is 0.273. The third kappa shape index (κ3) is 4.13. The van der Waals surface area contributed by atoms with E-state index in [1.165, 1.54) is 18.3 Å². The Hall–Kier alpha value is -3.53. The Balaban J connectivity index is 1.63. The SMILES string of the molecule is CC(C)NC(=O)Nc1ccc(-c2nc(N)cc(C3(S(=O)(=O)c4ccccn4)CC3)n2)cc1. The van der Waals surface area contributed by atoms with Crippen molar-refractivity contribution in [1.29, 1.82) is 0 Å². The second-order valence-electron chi connectivity index (χ2n) is 8.00. The predicted octanol–water partition coefficient (Wildman–Crippen LogP) is 3.11. The summed E-state index contributed by atoms with van der Waals surface area (Å²) in [6, 6.07) is 13.0. The van der Waals surface area contributed by atoms with E-state index in [1.54, 1.807) is 36.4 Å². The average molecular weight is 453 g/mol. The van der Waals surface area contributed by atoms with Gasteiger partial charge in [0.15, 0.2) is 10.9 Å². The molecule has 4 N–H and O–H groups in total. The van der Waals surface area contributed by atoms with Crippen molar-refractivity contribution < 1.29 is 13.2 Å². The molecule has 9 nitrogen and oxygen atoms in total. The molecule has 1 saturated carbocycles. The molecule has 2 amide bonds. The van der Waals surface area contributed by atoms with E-state index in [9.17, 15) is 13.2 Å². The third-order valence-corrected chi connectivity index (χ3v) is 7.60. The number of hydrogen-bond donors (Lipinski definition) is 3. The summed E-state index contributed by atoms with van der Waals surface area (Å²) in [5.74, 6) is 0.506. The lowest BCUT2D eigenvalue weighted by atomic mass is 10.1. The quantitative estimate of drug-likeness (QED) is 0.522. The molecular formula is C22H24N6O3S. The largest absolute Gasteiger partial charge is 0.384 e. The van der Waals surface area contributed by atoms with Gasteiger partial charge in [0.05, 0.1) is 5.69 Å². The van der Waals surface area contributed by atoms with Gasteiger partial charge in [0.2, 0.25) is 9.84 Å². The van der Waals surface area contributed by atoms with Gasteiger partial charge in [-0.2, -0.15) is 0 Å². The second kappa shape index (κ2) is 8.19. The predicted molar refractivity (Wildman–Crippen MR) is 122 cm³/mol. The first-order valence-electron chi connectivity index (χ1n) is 10.2. The van der Waals surface area contributed by atoms with Crippen molar-refractivity contribution in [2.45, 2.75) is 42.5 Å². The number of benzene rings is 1. The van der Waals surface area contributed by atoms with Crippen LogP contribution in [0.15, 0.2) is 59.8 Å². The molecule has 0 spiro atoms. The van der Waals surface area contributed by atoms with Crippen LogP contribution in [0.4, 0.5) is 16.3 Å². The number of pyridine rings is 1. The number of nitrogens with two attached hydrogens (primary N) is 1. The topological polar surface area (TPSA) is 140 Å². The number of rotatable bonds is 6. The molecule has 0 radical (unpaired) electrons. The van der Waals surface area contributed by atoms with Gasteiger partial charge in [0.25, 0.3) is 0 Å². The van der Waals surface area contributed by atoms with E-state index in [0.29, 0.717) is 35.6 Å². The first-order chi connectivity index (χ1) is 15.2. The minimum atomic E-state index is -3.74. The maximum absolute atomic E-state index is 13.3. The van der Waals surface area contributed by atoms with Crippen molar-refractivity contribution in [3.05, 3.63) is 60.4 Å². The fourth-order valence-electron chi connectivity index (χ4n) is 3.44. The molecule has 0 atom stereocenters. The highest BCUT2D eigenvalue weighted by Crippen LogP contribution is 2.54. The zero-order chi connectivity index (χ0) is 22.9. The first kappa shape index (κ1) is 21.7. The lowest BCUT2D eigenvalue weighted by Crippen LogP contribution is -2.34. The number of carbonyl (C=O) groups excluding carboxylic acids is 1. The number of nitrogens with zero attached hydrogens (tertiary/aromatic N) is 3. The zero-order valence-corrected chi connectivity index (χ0v) is 18.6. The van der Waals surface area contributed by atoms with Crippen LogP contribution < -0.4 is 16.4 Å². The summed E-state index contributed by atoms with van der Waals surface area (Å²) in [7, 11) is -3.74. The highest BCUT2D eigenvalue weighted by molar-refractivity contribution is 7.92. The van der Waals surface area contributed by atoms with Gasteiger partial charge >= 0.3 is 6.03 Å². The Morgan fingerprint density at radius 3 is 2.41 bits per heavy atom. The molecule has 0 aliphatic heterocycles. The molecule has 1 aromatic carbocycles. The van der Waals surface area contributed by atoms with E-state index < -0.39 is 14.6 Å². The van der Waals surface area contributed by atoms with Gasteiger partial charge in [-0.1, -0.05) is 6.07 Å². The van der Waals surface area contributed by atoms with Gasteiger partial charge in [0, 0.05) is 29.6 Å². The average Bonchev–Trinajstić information content (AvgIpc) is 3.57. The minimum absolute atomic E-state index is 0.0190. The van der Waals surface area contributed by atoms with Crippen LogP contribution in [0, 0.1) is 0 Å². The van der Waals surface area contributed by atoms with Crippen molar-refractivity contribution in [1.82, 2.24) is 20.3 Å². The van der Waals surface area contributed by atoms with Gasteiger partial charge in [-0.15, -0.1) is 0 Å². The maximum Gasteiger partial charge on any atom is 0.319 e. The second-order valence-corrected chi connectivity index (χ2v) is 10.2. The molecule has 2 heterocycles. The third-order valence-electron chi connectivity index (χ3n) is 5.17. The van der Waals surface area contributed by atoms with Gasteiger partial charge in [-0.3, -0.25) is 0 Å². The minimum Gasteiger partial charge on any atom is -0.384 e. The molecule has 1 aliphatic rings. The molecule has 1 fully saturated rings. The lowest BCUT2D eigenvalue weighted by Gasteiger charge is -2.16. The van der Waals surface area contributed by atoms with Gasteiger partial charge in [0.1, 0.15) is 10.6 Å². The summed E-state index contributed by atoms with van der Waals surface area (Å²) < 4.78 is 25.4. The molecule has 4 rings (SSSR count). The number of urea groups is 1. The van der Waals surface area contributed by atoms with Gasteiger partial charge < -0.3 is 16.4 Å². The Bertz CT molecular complexity index is 1240. The number of sulfone groups is 1. The van der Waals surface area contributed by atoms with Crippen molar-refractivity contribution in [3.8, 4) is 11.4 Å². The first-order valence-corrected chi connectivity index (χ1v) is 11.7. The summed E-state index contributed by atoms with van der Waals surface area (Å²) in [5.41, 5.74) is 7.64. The van der Waals surface area contributed by atoms with Crippen LogP contribution in [0.25, 0.3) is 11.4 Å². The molecule has 0 saturated heterocycles. The normalized spacial score (nSPS) is 14.7. The van der Waals surface area contributed by atoms with Crippen LogP contribution in [-0.4, -0.2) is 35.4 Å². The van der Waals surface area contributed by atoms with Crippen LogP contribution in [-0.2, 0) is 14.6 Å². The van der Waals surface area contributed by atoms with Crippen molar-refractivity contribution in [3.63, 3.8) is 0 Å². The highest BCUT2D eigenvalue weighted by Gasteiger charge is 2.58. The van der Waals surface area contributed by atoms with E-state index in [4.69, 9.17) is 5.73 Å². The Labute approximate surface area is 186 Å². The smallest absolute Gasteiger partial charge is 0.319 e. The van der Waals surface area contributed by atoms with E-state index in [0.717, 1.165) is 0 Å². The van der Waals surface area contributed by atoms with Crippen LogP contribution in [0.3, 0.4) is 0 Å². The molecule has 1 aliphatic carbocycles. The highest BCUT2D eigenvalue weighted by atomic mass is 32.2. The molecular weight excluding hydrogens is 428 g/mol. The molecule has 2 aromatic heterocycles. The van der Waals surface area contributed by atoms with Crippen LogP contribution in [0.1, 0.15) is 32.4 Å². The van der Waals surface area contributed by atoms with Crippen LogP contribution in [0.5, 0.6) is 0 Å². The monoisotopic (exact) mass is 452 g/mol. The van der Waals surface area contributed by atoms with Crippen molar-refractivity contribution in [2.24, 2.45) is 0 Å². The van der Waals surface area contributed by atoms with Crippen LogP contribution >= 0.6 is 0 Å². The Morgan fingerprint density at radius 2 is 1.81 bits per heavy atom. The molecule has 0 unspecified atom stereocenters. The molecule has 0 bridgehead atoms. The number of aromatic nitrogens is 3. The lowest BCUT2D eigenvalue weighted by molar-refractivity contribution is 0.250. The summed E-state index contributed by atoms with van der Waals surface area (Å²) in [4.78, 5) is 24.8. The Kier molecular flexibility index (Phi) is 5.55. The standard InChI is InChI=1S/C22H24N6O3S/c1-14(2)25-21(29)26-16-8-6-15(7-9-16)20-27-17(13-18(23)28-20)22(10-11-22)32(30,31)19-5-3-4-12-24-19/h3-9,12-14H,10-11H2,1-2H3,(H2,23,27,28)(H2,25,26,29). The molecule has 3 aromatic rings. The molecule has 10 heteroatoms. The number of nitrogens with one attached hydrogen (secondary N) is 2. The van der Waals surface area contributed by atoms with E-state index >= 15 is 0 Å². The number of amides is 2. The number of anilines is 2. The van der Waals surface area contributed by atoms with Gasteiger partial charge in [-0.25, -0.2) is 28.2 Å².